The number of halogens is 3. The van der Waals surface area contributed by atoms with Gasteiger partial charge >= 0.3 is 0 Å². The number of carbonyl (C=O) groups excluding carboxylic acids is 1. The average Bonchev–Trinajstić information content (AvgIpc) is 2.34. The first-order chi connectivity index (χ1) is 9.66. The van der Waals surface area contributed by atoms with Gasteiger partial charge < -0.3 is 10.1 Å². The minimum absolute atomic E-state index is 0.0290. The molecule has 0 bridgehead atoms. The minimum Gasteiger partial charge on any atom is -0.384 e. The van der Waals surface area contributed by atoms with E-state index in [2.05, 4.69) is 5.32 Å². The van der Waals surface area contributed by atoms with Gasteiger partial charge in [0.2, 0.25) is 0 Å². The summed E-state index contributed by atoms with van der Waals surface area (Å²) in [6, 6.07) is 0.881. The van der Waals surface area contributed by atoms with E-state index >= 15 is 0 Å². The monoisotopic (exact) mass is 341 g/mol. The average molecular weight is 342 g/mol. The summed E-state index contributed by atoms with van der Waals surface area (Å²) in [4.78, 5) is 10.9. The van der Waals surface area contributed by atoms with E-state index < -0.39 is 37.1 Å². The third-order valence-corrected chi connectivity index (χ3v) is 3.93. The van der Waals surface area contributed by atoms with Crippen molar-refractivity contribution in [1.29, 1.82) is 0 Å². The SMILES string of the molecule is COCC(C)CNC(=O)c1cc(S(=O)(=O)Cl)c(F)cc1F. The van der Waals surface area contributed by atoms with E-state index in [9.17, 15) is 22.0 Å². The van der Waals surface area contributed by atoms with Gasteiger partial charge in [0.15, 0.2) is 0 Å². The zero-order valence-corrected chi connectivity index (χ0v) is 12.9. The van der Waals surface area contributed by atoms with Crippen LogP contribution < -0.4 is 5.32 Å². The minimum atomic E-state index is -4.42. The molecule has 0 fully saturated rings. The van der Waals surface area contributed by atoms with Crippen LogP contribution in [0.1, 0.15) is 17.3 Å². The standard InChI is InChI=1S/C12H14ClF2NO4S/c1-7(6-20-2)5-16-12(17)8-3-11(21(13,18)19)10(15)4-9(8)14/h3-4,7H,5-6H2,1-2H3,(H,16,17). The lowest BCUT2D eigenvalue weighted by atomic mass is 10.1. The topological polar surface area (TPSA) is 72.5 Å². The van der Waals surface area contributed by atoms with E-state index in [0.717, 1.165) is 0 Å². The second-order valence-electron chi connectivity index (χ2n) is 4.47. The Bertz CT molecular complexity index is 636. The lowest BCUT2D eigenvalue weighted by molar-refractivity contribution is 0.0929. The van der Waals surface area contributed by atoms with Crippen LogP contribution in [0, 0.1) is 17.6 Å². The van der Waals surface area contributed by atoms with Gasteiger partial charge in [-0.15, -0.1) is 0 Å². The van der Waals surface area contributed by atoms with Crippen LogP contribution in [0.3, 0.4) is 0 Å². The molecule has 0 radical (unpaired) electrons. The molecule has 1 amide bonds. The maximum atomic E-state index is 13.6. The normalized spacial score (nSPS) is 13.0. The number of nitrogens with one attached hydrogen (secondary N) is 1. The summed E-state index contributed by atoms with van der Waals surface area (Å²) < 4.78 is 54.1. The number of methoxy groups -OCH3 is 1. The molecule has 118 valence electrons. The van der Waals surface area contributed by atoms with Crippen LogP contribution in [0.25, 0.3) is 0 Å². The molecule has 0 aliphatic carbocycles. The second kappa shape index (κ2) is 7.15. The fourth-order valence-corrected chi connectivity index (χ4v) is 2.50. The summed E-state index contributed by atoms with van der Waals surface area (Å²) in [5, 5.41) is 2.40. The number of hydrogen-bond donors (Lipinski definition) is 1. The molecule has 1 atom stereocenters. The van der Waals surface area contributed by atoms with E-state index in [1.54, 1.807) is 6.92 Å². The number of amides is 1. The zero-order chi connectivity index (χ0) is 16.2. The number of ether oxygens (including phenoxy) is 1. The van der Waals surface area contributed by atoms with E-state index in [1.165, 1.54) is 7.11 Å². The number of carbonyl (C=O) groups is 1. The van der Waals surface area contributed by atoms with Crippen molar-refractivity contribution in [3.05, 3.63) is 29.3 Å². The highest BCUT2D eigenvalue weighted by Gasteiger charge is 2.22. The Kier molecular flexibility index (Phi) is 6.06. The molecule has 1 aromatic carbocycles. The molecule has 0 saturated carbocycles. The van der Waals surface area contributed by atoms with Crippen LogP contribution in [0.4, 0.5) is 8.78 Å². The van der Waals surface area contributed by atoms with Gasteiger partial charge in [0.25, 0.3) is 15.0 Å². The summed E-state index contributed by atoms with van der Waals surface area (Å²) >= 11 is 0. The molecule has 0 aliphatic heterocycles. The van der Waals surface area contributed by atoms with E-state index in [0.29, 0.717) is 18.7 Å². The molecule has 1 rings (SSSR count). The summed E-state index contributed by atoms with van der Waals surface area (Å²) in [5.41, 5.74) is -0.597. The molecule has 1 aromatic rings. The van der Waals surface area contributed by atoms with Crippen molar-refractivity contribution in [1.82, 2.24) is 5.32 Å². The van der Waals surface area contributed by atoms with Gasteiger partial charge in [0.1, 0.15) is 16.5 Å². The Balaban J connectivity index is 3.00. The van der Waals surface area contributed by atoms with Crippen molar-refractivity contribution in [2.75, 3.05) is 20.3 Å². The van der Waals surface area contributed by atoms with Crippen molar-refractivity contribution >= 4 is 25.6 Å². The number of hydrogen-bond acceptors (Lipinski definition) is 4. The molecule has 21 heavy (non-hydrogen) atoms. The lowest BCUT2D eigenvalue weighted by Gasteiger charge is -2.12. The predicted molar refractivity (Wildman–Crippen MR) is 72.8 cm³/mol. The van der Waals surface area contributed by atoms with Crippen LogP contribution in [0.2, 0.25) is 0 Å². The molecule has 0 spiro atoms. The fraction of sp³-hybridized carbons (Fsp3) is 0.417. The third kappa shape index (κ3) is 4.90. The first kappa shape index (κ1) is 17.8. The Labute approximate surface area is 125 Å². The molecule has 9 heteroatoms. The molecule has 5 nitrogen and oxygen atoms in total. The van der Waals surface area contributed by atoms with Crippen LogP contribution >= 0.6 is 10.7 Å². The zero-order valence-electron chi connectivity index (χ0n) is 11.3. The molecular formula is C12H14ClF2NO4S. The maximum absolute atomic E-state index is 13.6. The van der Waals surface area contributed by atoms with Crippen molar-refractivity contribution in [2.45, 2.75) is 11.8 Å². The summed E-state index contributed by atoms with van der Waals surface area (Å²) in [6.07, 6.45) is 0. The maximum Gasteiger partial charge on any atom is 0.264 e. The second-order valence-corrected chi connectivity index (χ2v) is 7.01. The highest BCUT2D eigenvalue weighted by Crippen LogP contribution is 2.22. The molecule has 0 aliphatic rings. The van der Waals surface area contributed by atoms with Crippen molar-refractivity contribution in [3.8, 4) is 0 Å². The van der Waals surface area contributed by atoms with E-state index in [1.807, 2.05) is 0 Å². The summed E-state index contributed by atoms with van der Waals surface area (Å²) in [6.45, 7) is 2.36. The summed E-state index contributed by atoms with van der Waals surface area (Å²) in [7, 11) is 2.10. The third-order valence-electron chi connectivity index (χ3n) is 2.59. The Hall–Kier alpha value is -1.25. The highest BCUT2D eigenvalue weighted by atomic mass is 35.7. The first-order valence-electron chi connectivity index (χ1n) is 5.87. The van der Waals surface area contributed by atoms with Gasteiger partial charge in [-0.1, -0.05) is 6.92 Å². The van der Waals surface area contributed by atoms with Crippen LogP contribution in [-0.4, -0.2) is 34.6 Å². The lowest BCUT2D eigenvalue weighted by Crippen LogP contribution is -2.30. The first-order valence-corrected chi connectivity index (χ1v) is 8.18. The predicted octanol–water partition coefficient (Wildman–Crippen LogP) is 1.90. The van der Waals surface area contributed by atoms with E-state index in [-0.39, 0.29) is 12.5 Å². The van der Waals surface area contributed by atoms with Crippen LogP contribution in [-0.2, 0) is 13.8 Å². The van der Waals surface area contributed by atoms with Gasteiger partial charge in [-0.25, -0.2) is 17.2 Å². The summed E-state index contributed by atoms with van der Waals surface area (Å²) in [5.74, 6) is -3.42. The largest absolute Gasteiger partial charge is 0.384 e. The van der Waals surface area contributed by atoms with Gasteiger partial charge in [0.05, 0.1) is 12.2 Å². The van der Waals surface area contributed by atoms with Gasteiger partial charge in [-0.3, -0.25) is 4.79 Å². The molecule has 0 aromatic heterocycles. The van der Waals surface area contributed by atoms with E-state index in [4.69, 9.17) is 15.4 Å². The highest BCUT2D eigenvalue weighted by molar-refractivity contribution is 8.13. The quantitative estimate of drug-likeness (QED) is 0.802. The fourth-order valence-electron chi connectivity index (χ4n) is 1.60. The molecule has 0 saturated heterocycles. The van der Waals surface area contributed by atoms with Crippen LogP contribution in [0.5, 0.6) is 0 Å². The van der Waals surface area contributed by atoms with Crippen molar-refractivity contribution in [2.24, 2.45) is 5.92 Å². The van der Waals surface area contributed by atoms with Gasteiger partial charge in [0, 0.05) is 30.4 Å². The molecular weight excluding hydrogens is 328 g/mol. The number of rotatable bonds is 6. The van der Waals surface area contributed by atoms with Crippen LogP contribution in [0.15, 0.2) is 17.0 Å². The van der Waals surface area contributed by atoms with Gasteiger partial charge in [-0.05, 0) is 12.0 Å². The van der Waals surface area contributed by atoms with Gasteiger partial charge in [-0.2, -0.15) is 0 Å². The smallest absolute Gasteiger partial charge is 0.264 e. The Morgan fingerprint density at radius 2 is 2.00 bits per heavy atom. The Morgan fingerprint density at radius 3 is 2.52 bits per heavy atom. The van der Waals surface area contributed by atoms with Crippen molar-refractivity contribution < 1.29 is 26.7 Å². The molecule has 0 heterocycles. The van der Waals surface area contributed by atoms with Crippen molar-refractivity contribution in [3.63, 3.8) is 0 Å². The molecule has 1 N–H and O–H groups in total. The Morgan fingerprint density at radius 1 is 1.38 bits per heavy atom. The molecule has 1 unspecified atom stereocenters. The number of benzene rings is 1.